The quantitative estimate of drug-likeness (QED) is 0.822. The fourth-order valence-electron chi connectivity index (χ4n) is 2.80. The number of alkyl halides is 3. The average Bonchev–Trinajstić information content (AvgIpc) is 2.54. The first-order chi connectivity index (χ1) is 11.3. The minimum Gasteiger partial charge on any atom is -0.336 e. The van der Waals surface area contributed by atoms with Gasteiger partial charge in [0.25, 0.3) is 5.91 Å². The molecule has 1 aliphatic rings. The Kier molecular flexibility index (Phi) is 6.23. The molecule has 7 heteroatoms. The van der Waals surface area contributed by atoms with E-state index in [4.69, 9.17) is 0 Å². The van der Waals surface area contributed by atoms with Crippen LogP contribution in [0.2, 0.25) is 0 Å². The molecule has 1 heterocycles. The molecule has 0 spiro atoms. The molecule has 1 aliphatic heterocycles. The van der Waals surface area contributed by atoms with E-state index < -0.39 is 11.7 Å². The van der Waals surface area contributed by atoms with E-state index in [9.17, 15) is 18.0 Å². The van der Waals surface area contributed by atoms with E-state index in [-0.39, 0.29) is 11.5 Å². The first-order valence-electron chi connectivity index (χ1n) is 8.11. The van der Waals surface area contributed by atoms with Crippen molar-refractivity contribution in [3.8, 4) is 0 Å². The molecule has 0 N–H and O–H groups in total. The number of hydrogen-bond acceptors (Lipinski definition) is 3. The second-order valence-corrected chi connectivity index (χ2v) is 6.37. The van der Waals surface area contributed by atoms with E-state index in [1.165, 1.54) is 12.1 Å². The van der Waals surface area contributed by atoms with Crippen molar-refractivity contribution >= 4 is 5.91 Å². The van der Waals surface area contributed by atoms with Gasteiger partial charge in [0.15, 0.2) is 0 Å². The highest BCUT2D eigenvalue weighted by molar-refractivity contribution is 5.94. The summed E-state index contributed by atoms with van der Waals surface area (Å²) in [6.45, 7) is 4.62. The largest absolute Gasteiger partial charge is 0.416 e. The van der Waals surface area contributed by atoms with Crippen molar-refractivity contribution in [1.82, 2.24) is 14.7 Å². The summed E-state index contributed by atoms with van der Waals surface area (Å²) in [5.41, 5.74) is -0.679. The zero-order chi connectivity index (χ0) is 17.7. The number of nitrogens with zero attached hydrogens (tertiary/aromatic N) is 3. The summed E-state index contributed by atoms with van der Waals surface area (Å²) in [5.74, 6) is -0.325. The van der Waals surface area contributed by atoms with Crippen LogP contribution in [0, 0.1) is 0 Å². The summed E-state index contributed by atoms with van der Waals surface area (Å²) in [6.07, 6.45) is -3.37. The molecule has 2 rings (SSSR count). The van der Waals surface area contributed by atoms with Crippen molar-refractivity contribution in [2.45, 2.75) is 12.6 Å². The number of piperazine rings is 1. The van der Waals surface area contributed by atoms with Crippen LogP contribution in [0.3, 0.4) is 0 Å². The summed E-state index contributed by atoms with van der Waals surface area (Å²) in [7, 11) is 4.07. The lowest BCUT2D eigenvalue weighted by molar-refractivity contribution is -0.137. The molecule has 1 aromatic carbocycles. The first-order valence-corrected chi connectivity index (χ1v) is 8.11. The maximum absolute atomic E-state index is 12.8. The molecule has 0 bridgehead atoms. The molecule has 1 fully saturated rings. The molecule has 1 aromatic rings. The van der Waals surface area contributed by atoms with Gasteiger partial charge in [-0.1, -0.05) is 6.07 Å². The summed E-state index contributed by atoms with van der Waals surface area (Å²) in [4.78, 5) is 18.5. The van der Waals surface area contributed by atoms with Crippen molar-refractivity contribution in [2.24, 2.45) is 0 Å². The second-order valence-electron chi connectivity index (χ2n) is 6.37. The Morgan fingerprint density at radius 1 is 1.17 bits per heavy atom. The molecular weight excluding hydrogens is 319 g/mol. The van der Waals surface area contributed by atoms with Crippen LogP contribution in [-0.4, -0.2) is 74.0 Å². The van der Waals surface area contributed by atoms with E-state index in [1.54, 1.807) is 4.90 Å². The zero-order valence-corrected chi connectivity index (χ0v) is 14.1. The van der Waals surface area contributed by atoms with Crippen molar-refractivity contribution in [1.29, 1.82) is 0 Å². The van der Waals surface area contributed by atoms with Crippen LogP contribution >= 0.6 is 0 Å². The Morgan fingerprint density at radius 3 is 2.42 bits per heavy atom. The van der Waals surface area contributed by atoms with Gasteiger partial charge in [-0.25, -0.2) is 0 Å². The van der Waals surface area contributed by atoms with Gasteiger partial charge < -0.3 is 9.80 Å². The van der Waals surface area contributed by atoms with Crippen LogP contribution < -0.4 is 0 Å². The van der Waals surface area contributed by atoms with Crippen LogP contribution in [-0.2, 0) is 6.18 Å². The molecule has 134 valence electrons. The molecule has 0 unspecified atom stereocenters. The highest BCUT2D eigenvalue weighted by atomic mass is 19.4. The third-order valence-electron chi connectivity index (χ3n) is 4.18. The number of carbonyl (C=O) groups excluding carboxylic acids is 1. The average molecular weight is 343 g/mol. The van der Waals surface area contributed by atoms with E-state index >= 15 is 0 Å². The fraction of sp³-hybridized carbons (Fsp3) is 0.588. The predicted molar refractivity (Wildman–Crippen MR) is 87.0 cm³/mol. The lowest BCUT2D eigenvalue weighted by atomic mass is 10.1. The number of rotatable bonds is 5. The zero-order valence-electron chi connectivity index (χ0n) is 14.1. The van der Waals surface area contributed by atoms with Gasteiger partial charge in [0.1, 0.15) is 0 Å². The van der Waals surface area contributed by atoms with Gasteiger partial charge in [-0.3, -0.25) is 9.69 Å². The summed E-state index contributed by atoms with van der Waals surface area (Å²) in [5, 5.41) is 0. The van der Waals surface area contributed by atoms with Crippen molar-refractivity contribution < 1.29 is 18.0 Å². The van der Waals surface area contributed by atoms with Crippen molar-refractivity contribution in [3.05, 3.63) is 35.4 Å². The number of halogens is 3. The minimum atomic E-state index is -4.43. The van der Waals surface area contributed by atoms with E-state index in [0.717, 1.165) is 44.7 Å². The van der Waals surface area contributed by atoms with E-state index in [2.05, 4.69) is 9.80 Å². The monoisotopic (exact) mass is 343 g/mol. The predicted octanol–water partition coefficient (Wildman–Crippen LogP) is 2.41. The molecule has 1 saturated heterocycles. The summed E-state index contributed by atoms with van der Waals surface area (Å²) < 4.78 is 38.3. The Balaban J connectivity index is 1.89. The van der Waals surface area contributed by atoms with Crippen LogP contribution in [0.4, 0.5) is 13.2 Å². The molecular formula is C17H24F3N3O. The van der Waals surface area contributed by atoms with Crippen LogP contribution in [0.25, 0.3) is 0 Å². The lowest BCUT2D eigenvalue weighted by Gasteiger charge is -2.35. The van der Waals surface area contributed by atoms with Gasteiger partial charge in [0.2, 0.25) is 0 Å². The Bertz CT molecular complexity index is 552. The van der Waals surface area contributed by atoms with E-state index in [1.807, 2.05) is 14.1 Å². The minimum absolute atomic E-state index is 0.103. The Hall–Kier alpha value is -1.60. The van der Waals surface area contributed by atoms with Gasteiger partial charge in [-0.15, -0.1) is 0 Å². The number of benzene rings is 1. The van der Waals surface area contributed by atoms with Crippen LogP contribution in [0.5, 0.6) is 0 Å². The van der Waals surface area contributed by atoms with Crippen molar-refractivity contribution in [2.75, 3.05) is 53.4 Å². The van der Waals surface area contributed by atoms with Gasteiger partial charge in [0.05, 0.1) is 5.56 Å². The smallest absolute Gasteiger partial charge is 0.336 e. The molecule has 0 saturated carbocycles. The second kappa shape index (κ2) is 7.98. The van der Waals surface area contributed by atoms with Gasteiger partial charge in [0, 0.05) is 31.7 Å². The maximum atomic E-state index is 12.8. The highest BCUT2D eigenvalue weighted by Gasteiger charge is 2.31. The first kappa shape index (κ1) is 18.7. The Morgan fingerprint density at radius 2 is 1.83 bits per heavy atom. The third-order valence-corrected chi connectivity index (χ3v) is 4.18. The fourth-order valence-corrected chi connectivity index (χ4v) is 2.80. The molecule has 0 atom stereocenters. The van der Waals surface area contributed by atoms with Gasteiger partial charge in [-0.2, -0.15) is 13.2 Å². The molecule has 4 nitrogen and oxygen atoms in total. The van der Waals surface area contributed by atoms with E-state index in [0.29, 0.717) is 13.1 Å². The summed E-state index contributed by atoms with van der Waals surface area (Å²) >= 11 is 0. The van der Waals surface area contributed by atoms with Gasteiger partial charge in [-0.05, 0) is 51.8 Å². The normalized spacial score (nSPS) is 16.7. The molecule has 24 heavy (non-hydrogen) atoms. The standard InChI is InChI=1S/C17H24F3N3O/c1-21(2)7-4-8-22-9-11-23(12-10-22)16(24)14-5-3-6-15(13-14)17(18,19)20/h3,5-6,13H,4,7-12H2,1-2H3. The number of carbonyl (C=O) groups is 1. The topological polar surface area (TPSA) is 26.8 Å². The summed E-state index contributed by atoms with van der Waals surface area (Å²) in [6, 6.07) is 4.65. The van der Waals surface area contributed by atoms with Crippen molar-refractivity contribution in [3.63, 3.8) is 0 Å². The molecule has 1 amide bonds. The number of hydrogen-bond donors (Lipinski definition) is 0. The number of amides is 1. The van der Waals surface area contributed by atoms with Gasteiger partial charge >= 0.3 is 6.18 Å². The maximum Gasteiger partial charge on any atom is 0.416 e. The molecule has 0 aliphatic carbocycles. The molecule has 0 radical (unpaired) electrons. The third kappa shape index (κ3) is 5.21. The molecule has 0 aromatic heterocycles. The van der Waals surface area contributed by atoms with Crippen LogP contribution in [0.1, 0.15) is 22.3 Å². The lowest BCUT2D eigenvalue weighted by Crippen LogP contribution is -2.49. The highest BCUT2D eigenvalue weighted by Crippen LogP contribution is 2.29. The van der Waals surface area contributed by atoms with Crippen LogP contribution in [0.15, 0.2) is 24.3 Å². The SMILES string of the molecule is CN(C)CCCN1CCN(C(=O)c2cccc(C(F)(F)F)c2)CC1. The Labute approximate surface area is 140 Å².